The van der Waals surface area contributed by atoms with E-state index < -0.39 is 0 Å². The first kappa shape index (κ1) is 17.6. The molecule has 1 aromatic carbocycles. The molecule has 1 aliphatic rings. The lowest BCUT2D eigenvalue weighted by atomic mass is 9.92. The quantitative estimate of drug-likeness (QED) is 0.839. The van der Waals surface area contributed by atoms with Crippen LogP contribution < -0.4 is 0 Å². The number of piperidine rings is 1. The normalized spacial score (nSPS) is 19.0. The molecule has 0 spiro atoms. The minimum Gasteiger partial charge on any atom is -0.342 e. The molecule has 5 heteroatoms. The van der Waals surface area contributed by atoms with Gasteiger partial charge in [-0.15, -0.1) is 0 Å². The van der Waals surface area contributed by atoms with E-state index in [0.29, 0.717) is 5.92 Å². The van der Waals surface area contributed by atoms with Gasteiger partial charge in [0, 0.05) is 19.6 Å². The fourth-order valence-electron chi connectivity index (χ4n) is 3.85. The van der Waals surface area contributed by atoms with Crippen molar-refractivity contribution in [3.8, 4) is 0 Å². The lowest BCUT2D eigenvalue weighted by molar-refractivity contribution is -0.134. The SMILES string of the molecule is CC[C@H](C(=O)N1CCC[C@@H](Cn2nc(C)nc2C)C1)c1ccccc1. The summed E-state index contributed by atoms with van der Waals surface area (Å²) in [5.41, 5.74) is 1.12. The molecule has 0 radical (unpaired) electrons. The number of carbonyl (C=O) groups excluding carboxylic acids is 1. The first-order chi connectivity index (χ1) is 12.1. The number of amides is 1. The predicted molar refractivity (Wildman–Crippen MR) is 98.3 cm³/mol. The molecule has 0 unspecified atom stereocenters. The molecule has 1 saturated heterocycles. The van der Waals surface area contributed by atoms with E-state index in [-0.39, 0.29) is 11.8 Å². The lowest BCUT2D eigenvalue weighted by Crippen LogP contribution is -2.43. The van der Waals surface area contributed by atoms with E-state index in [1.54, 1.807) is 0 Å². The van der Waals surface area contributed by atoms with Gasteiger partial charge in [0.2, 0.25) is 5.91 Å². The Bertz CT molecular complexity index is 710. The summed E-state index contributed by atoms with van der Waals surface area (Å²) in [7, 11) is 0. The van der Waals surface area contributed by atoms with Crippen molar-refractivity contribution < 1.29 is 4.79 Å². The van der Waals surface area contributed by atoms with Crippen LogP contribution in [-0.4, -0.2) is 38.7 Å². The Kier molecular flexibility index (Phi) is 5.51. The highest BCUT2D eigenvalue weighted by atomic mass is 16.2. The van der Waals surface area contributed by atoms with Gasteiger partial charge in [0.25, 0.3) is 0 Å². The minimum absolute atomic E-state index is 0.0321. The first-order valence-electron chi connectivity index (χ1n) is 9.30. The van der Waals surface area contributed by atoms with E-state index in [0.717, 1.165) is 56.1 Å². The zero-order valence-corrected chi connectivity index (χ0v) is 15.5. The highest BCUT2D eigenvalue weighted by Crippen LogP contribution is 2.26. The molecule has 1 fully saturated rings. The van der Waals surface area contributed by atoms with E-state index in [4.69, 9.17) is 0 Å². The number of aryl methyl sites for hydroxylation is 2. The summed E-state index contributed by atoms with van der Waals surface area (Å²) in [5.74, 6) is 2.46. The van der Waals surface area contributed by atoms with E-state index >= 15 is 0 Å². The van der Waals surface area contributed by atoms with Gasteiger partial charge in [-0.2, -0.15) is 5.10 Å². The van der Waals surface area contributed by atoms with Gasteiger partial charge < -0.3 is 4.90 Å². The Labute approximate surface area is 150 Å². The molecule has 1 amide bonds. The zero-order chi connectivity index (χ0) is 17.8. The summed E-state index contributed by atoms with van der Waals surface area (Å²) >= 11 is 0. The maximum atomic E-state index is 13.1. The molecular weight excluding hydrogens is 312 g/mol. The first-order valence-corrected chi connectivity index (χ1v) is 9.30. The third kappa shape index (κ3) is 4.09. The highest BCUT2D eigenvalue weighted by molar-refractivity contribution is 5.83. The largest absolute Gasteiger partial charge is 0.342 e. The number of carbonyl (C=O) groups is 1. The number of rotatable bonds is 5. The van der Waals surface area contributed by atoms with Crippen molar-refractivity contribution in [3.05, 3.63) is 47.5 Å². The van der Waals surface area contributed by atoms with Crippen LogP contribution in [0.3, 0.4) is 0 Å². The summed E-state index contributed by atoms with van der Waals surface area (Å²) < 4.78 is 1.99. The third-order valence-electron chi connectivity index (χ3n) is 5.13. The van der Waals surface area contributed by atoms with Crippen LogP contribution in [0.1, 0.15) is 49.3 Å². The van der Waals surface area contributed by atoms with Crippen LogP contribution in [0.4, 0.5) is 0 Å². The fraction of sp³-hybridized carbons (Fsp3) is 0.550. The molecule has 5 nitrogen and oxygen atoms in total. The van der Waals surface area contributed by atoms with Crippen LogP contribution >= 0.6 is 0 Å². The van der Waals surface area contributed by atoms with E-state index in [1.807, 2.05) is 36.7 Å². The minimum atomic E-state index is -0.0321. The molecule has 134 valence electrons. The van der Waals surface area contributed by atoms with Crippen molar-refractivity contribution in [2.45, 2.75) is 52.5 Å². The van der Waals surface area contributed by atoms with Gasteiger partial charge in [0.05, 0.1) is 5.92 Å². The van der Waals surface area contributed by atoms with E-state index in [9.17, 15) is 4.79 Å². The molecule has 0 saturated carbocycles. The van der Waals surface area contributed by atoms with Gasteiger partial charge in [0.1, 0.15) is 11.6 Å². The Balaban J connectivity index is 1.67. The Morgan fingerprint density at radius 2 is 2.04 bits per heavy atom. The summed E-state index contributed by atoms with van der Waals surface area (Å²) in [6.07, 6.45) is 3.05. The van der Waals surface area contributed by atoms with Crippen LogP contribution in [0.15, 0.2) is 30.3 Å². The van der Waals surface area contributed by atoms with Crippen LogP contribution in [0.25, 0.3) is 0 Å². The van der Waals surface area contributed by atoms with Crippen LogP contribution in [-0.2, 0) is 11.3 Å². The van der Waals surface area contributed by atoms with Gasteiger partial charge in [-0.1, -0.05) is 37.3 Å². The topological polar surface area (TPSA) is 51.0 Å². The number of aromatic nitrogens is 3. The van der Waals surface area contributed by atoms with E-state index in [2.05, 4.69) is 34.0 Å². The molecule has 1 aromatic heterocycles. The summed E-state index contributed by atoms with van der Waals surface area (Å²) in [4.78, 5) is 19.5. The summed E-state index contributed by atoms with van der Waals surface area (Å²) in [6.45, 7) is 8.55. The van der Waals surface area contributed by atoms with Crippen molar-refractivity contribution in [1.82, 2.24) is 19.7 Å². The Hall–Kier alpha value is -2.17. The average Bonchev–Trinajstić information content (AvgIpc) is 2.94. The molecule has 1 aliphatic heterocycles. The van der Waals surface area contributed by atoms with Gasteiger partial charge in [-0.3, -0.25) is 4.79 Å². The fourth-order valence-corrected chi connectivity index (χ4v) is 3.85. The molecule has 0 N–H and O–H groups in total. The molecular formula is C20H28N4O. The predicted octanol–water partition coefficient (Wildman–Crippen LogP) is 3.33. The van der Waals surface area contributed by atoms with E-state index in [1.165, 1.54) is 0 Å². The standard InChI is InChI=1S/C20H28N4O/c1-4-19(18-10-6-5-7-11-18)20(25)23-12-8-9-17(13-23)14-24-16(3)21-15(2)22-24/h5-7,10-11,17,19H,4,8-9,12-14H2,1-3H3/t17-,19+/m1/s1. The number of nitrogens with zero attached hydrogens (tertiary/aromatic N) is 4. The average molecular weight is 340 g/mol. The Morgan fingerprint density at radius 1 is 1.28 bits per heavy atom. The van der Waals surface area contributed by atoms with Crippen molar-refractivity contribution >= 4 is 5.91 Å². The lowest BCUT2D eigenvalue weighted by Gasteiger charge is -2.35. The second-order valence-electron chi connectivity index (χ2n) is 7.05. The van der Waals surface area contributed by atoms with Crippen LogP contribution in [0.5, 0.6) is 0 Å². The molecule has 25 heavy (non-hydrogen) atoms. The molecule has 3 rings (SSSR count). The summed E-state index contributed by atoms with van der Waals surface area (Å²) in [5, 5.41) is 4.48. The highest BCUT2D eigenvalue weighted by Gasteiger charge is 2.29. The molecule has 2 heterocycles. The van der Waals surface area contributed by atoms with Crippen LogP contribution in [0.2, 0.25) is 0 Å². The summed E-state index contributed by atoms with van der Waals surface area (Å²) in [6, 6.07) is 10.2. The third-order valence-corrected chi connectivity index (χ3v) is 5.13. The smallest absolute Gasteiger partial charge is 0.230 e. The number of benzene rings is 1. The number of hydrogen-bond acceptors (Lipinski definition) is 3. The maximum absolute atomic E-state index is 13.1. The number of likely N-dealkylation sites (tertiary alicyclic amines) is 1. The van der Waals surface area contributed by atoms with Gasteiger partial charge in [-0.05, 0) is 44.6 Å². The molecule has 2 atom stereocenters. The zero-order valence-electron chi connectivity index (χ0n) is 15.5. The Morgan fingerprint density at radius 3 is 2.68 bits per heavy atom. The van der Waals surface area contributed by atoms with Gasteiger partial charge in [-0.25, -0.2) is 9.67 Å². The molecule has 0 bridgehead atoms. The van der Waals surface area contributed by atoms with Gasteiger partial charge >= 0.3 is 0 Å². The van der Waals surface area contributed by atoms with Crippen molar-refractivity contribution in [2.24, 2.45) is 5.92 Å². The monoisotopic (exact) mass is 340 g/mol. The van der Waals surface area contributed by atoms with Gasteiger partial charge in [0.15, 0.2) is 0 Å². The van der Waals surface area contributed by atoms with Crippen molar-refractivity contribution in [2.75, 3.05) is 13.1 Å². The molecule has 2 aromatic rings. The second kappa shape index (κ2) is 7.81. The van der Waals surface area contributed by atoms with Crippen molar-refractivity contribution in [3.63, 3.8) is 0 Å². The maximum Gasteiger partial charge on any atom is 0.230 e. The molecule has 0 aliphatic carbocycles. The number of hydrogen-bond donors (Lipinski definition) is 0. The van der Waals surface area contributed by atoms with Crippen LogP contribution in [0, 0.1) is 19.8 Å². The second-order valence-corrected chi connectivity index (χ2v) is 7.05. The van der Waals surface area contributed by atoms with Crippen molar-refractivity contribution in [1.29, 1.82) is 0 Å².